The molecule has 0 bridgehead atoms. The summed E-state index contributed by atoms with van der Waals surface area (Å²) in [7, 11) is -4.64. The van der Waals surface area contributed by atoms with Gasteiger partial charge in [0.2, 0.25) is 0 Å². The minimum absolute atomic E-state index is 0. The molecule has 0 heterocycles. The van der Waals surface area contributed by atoms with Crippen LogP contribution < -0.4 is 0 Å². The van der Waals surface area contributed by atoms with Gasteiger partial charge in [-0.1, -0.05) is 0 Å². The summed E-state index contributed by atoms with van der Waals surface area (Å²) >= 11 is 0.611. The summed E-state index contributed by atoms with van der Waals surface area (Å²) in [5, 5.41) is 0. The zero-order chi connectivity index (χ0) is 6.50. The second kappa shape index (κ2) is 9.08. The van der Waals surface area contributed by atoms with Gasteiger partial charge in [0.25, 0.3) is 0 Å². The SMILES string of the molecule is O=P(O)(O)O.[KH].[O]=[AlH]. The van der Waals surface area contributed by atoms with E-state index >= 15 is 0 Å². The molecule has 44 valence electrons. The molecule has 0 aromatic carbocycles. The summed E-state index contributed by atoms with van der Waals surface area (Å²) < 4.78 is 17.2. The van der Waals surface area contributed by atoms with Crippen molar-refractivity contribution < 1.29 is 23.0 Å². The van der Waals surface area contributed by atoms with Crippen molar-refractivity contribution in [1.82, 2.24) is 0 Å². The Morgan fingerprint density at radius 3 is 1.12 bits per heavy atom. The van der Waals surface area contributed by atoms with Crippen molar-refractivity contribution in [2.24, 2.45) is 0 Å². The van der Waals surface area contributed by atoms with Gasteiger partial charge in [0.1, 0.15) is 0 Å². The van der Waals surface area contributed by atoms with Crippen LogP contribution in [0.3, 0.4) is 0 Å². The molecule has 0 radical (unpaired) electrons. The Labute approximate surface area is 96.8 Å². The van der Waals surface area contributed by atoms with Crippen LogP contribution in [0.25, 0.3) is 0 Å². The maximum atomic E-state index is 8.88. The molecule has 0 atom stereocenters. The molecule has 5 nitrogen and oxygen atoms in total. The Balaban J connectivity index is -0.0000000750. The molecule has 0 aromatic rings. The third-order valence-corrected chi connectivity index (χ3v) is 0. The van der Waals surface area contributed by atoms with Crippen molar-refractivity contribution in [3.8, 4) is 0 Å². The second-order valence-electron chi connectivity index (χ2n) is 0.513. The molecule has 8 heteroatoms. The van der Waals surface area contributed by atoms with Gasteiger partial charge in [0.05, 0.1) is 0 Å². The van der Waals surface area contributed by atoms with Gasteiger partial charge in [-0.05, 0) is 0 Å². The van der Waals surface area contributed by atoms with E-state index in [1.54, 1.807) is 0 Å². The zero-order valence-corrected chi connectivity index (χ0v) is 5.62. The Morgan fingerprint density at radius 2 is 1.12 bits per heavy atom. The molecule has 0 aromatic heterocycles. The van der Waals surface area contributed by atoms with E-state index in [-0.39, 0.29) is 51.4 Å². The van der Waals surface area contributed by atoms with E-state index < -0.39 is 7.82 Å². The molecule has 0 aliphatic rings. The van der Waals surface area contributed by atoms with E-state index in [1.807, 2.05) is 0 Å². The van der Waals surface area contributed by atoms with Gasteiger partial charge in [-0.3, -0.25) is 0 Å². The van der Waals surface area contributed by atoms with Crippen LogP contribution in [-0.2, 0) is 8.37 Å². The first-order valence-corrected chi connectivity index (χ1v) is 3.21. The Hall–Kier alpha value is 2.08. The minimum atomic E-state index is -4.64. The van der Waals surface area contributed by atoms with Crippen LogP contribution in [0.4, 0.5) is 0 Å². The molecule has 0 aliphatic carbocycles. The van der Waals surface area contributed by atoms with Crippen LogP contribution in [0.2, 0.25) is 0 Å². The van der Waals surface area contributed by atoms with Gasteiger partial charge in [0, 0.05) is 0 Å². The van der Waals surface area contributed by atoms with Crippen LogP contribution in [0.15, 0.2) is 0 Å². The summed E-state index contributed by atoms with van der Waals surface area (Å²) in [6.07, 6.45) is 0. The number of phosphoric acid groups is 1. The molecular weight excluding hydrogens is 177 g/mol. The third-order valence-electron chi connectivity index (χ3n) is 0. The van der Waals surface area contributed by atoms with Gasteiger partial charge in [-0.25, -0.2) is 4.57 Å². The first-order chi connectivity index (χ1) is 3.00. The van der Waals surface area contributed by atoms with Gasteiger partial charge in [-0.15, -0.1) is 0 Å². The van der Waals surface area contributed by atoms with E-state index in [2.05, 4.69) is 0 Å². The first-order valence-electron chi connectivity index (χ1n) is 1.07. The summed E-state index contributed by atoms with van der Waals surface area (Å²) in [5.41, 5.74) is 0. The Morgan fingerprint density at radius 1 is 1.12 bits per heavy atom. The molecular formula is H5AlKO5P. The standard InChI is InChI=1S/Al.K.H3O4P.O.2H/c;;1-5(2,3)4;;;/h;;(H3,1,2,3,4);;;. The van der Waals surface area contributed by atoms with Crippen molar-refractivity contribution in [2.45, 2.75) is 0 Å². The molecule has 0 aliphatic heterocycles. The molecule has 0 saturated carbocycles. The molecule has 0 amide bonds. The van der Waals surface area contributed by atoms with Crippen molar-refractivity contribution in [3.63, 3.8) is 0 Å². The predicted octanol–water partition coefficient (Wildman–Crippen LogP) is -2.34. The van der Waals surface area contributed by atoms with E-state index in [4.69, 9.17) is 23.0 Å². The third kappa shape index (κ3) is 93.7. The summed E-state index contributed by atoms with van der Waals surface area (Å²) in [6.45, 7) is 0. The van der Waals surface area contributed by atoms with Gasteiger partial charge >= 0.3 is 79.2 Å². The molecule has 0 spiro atoms. The molecule has 0 unspecified atom stereocenters. The van der Waals surface area contributed by atoms with Crippen LogP contribution in [0.1, 0.15) is 0 Å². The van der Waals surface area contributed by atoms with Crippen molar-refractivity contribution >= 4 is 75.4 Å². The fraction of sp³-hybridized carbons (Fsp3) is 0. The fourth-order valence-electron chi connectivity index (χ4n) is 0. The van der Waals surface area contributed by atoms with Crippen LogP contribution in [0, 0.1) is 0 Å². The van der Waals surface area contributed by atoms with Crippen molar-refractivity contribution in [1.29, 1.82) is 0 Å². The number of hydrogen-bond acceptors (Lipinski definition) is 2. The normalized spacial score (nSPS) is 7.75. The topological polar surface area (TPSA) is 94.8 Å². The molecule has 8 heavy (non-hydrogen) atoms. The average Bonchev–Trinajstić information content (AvgIpc) is 1.36. The van der Waals surface area contributed by atoms with E-state index in [1.165, 1.54) is 0 Å². The number of rotatable bonds is 0. The molecule has 0 saturated heterocycles. The van der Waals surface area contributed by atoms with E-state index in [0.29, 0.717) is 16.2 Å². The second-order valence-corrected chi connectivity index (χ2v) is 1.54. The summed E-state index contributed by atoms with van der Waals surface area (Å²) in [4.78, 5) is 21.6. The number of hydrogen-bond donors (Lipinski definition) is 3. The Bertz CT molecular complexity index is 68.2. The molecule has 0 fully saturated rings. The fourth-order valence-corrected chi connectivity index (χ4v) is 0. The first kappa shape index (κ1) is 16.6. The van der Waals surface area contributed by atoms with Gasteiger partial charge < -0.3 is 14.7 Å². The predicted molar refractivity (Wildman–Crippen MR) is 29.2 cm³/mol. The van der Waals surface area contributed by atoms with E-state index in [0.717, 1.165) is 0 Å². The Kier molecular flexibility index (Phi) is 18.8. The van der Waals surface area contributed by atoms with Crippen LogP contribution in [-0.4, -0.2) is 82.3 Å². The van der Waals surface area contributed by atoms with Crippen LogP contribution >= 0.6 is 7.82 Å². The monoisotopic (exact) mass is 182 g/mol. The van der Waals surface area contributed by atoms with Crippen molar-refractivity contribution in [2.75, 3.05) is 0 Å². The average molecular weight is 182 g/mol. The molecule has 3 N–H and O–H groups in total. The van der Waals surface area contributed by atoms with E-state index in [9.17, 15) is 0 Å². The van der Waals surface area contributed by atoms with Crippen LogP contribution in [0.5, 0.6) is 0 Å². The quantitative estimate of drug-likeness (QED) is 0.288. The summed E-state index contributed by atoms with van der Waals surface area (Å²) in [6, 6.07) is 0. The zero-order valence-electron chi connectivity index (χ0n) is 3.31. The molecule has 0 rings (SSSR count). The summed E-state index contributed by atoms with van der Waals surface area (Å²) in [5.74, 6) is 0. The van der Waals surface area contributed by atoms with Crippen molar-refractivity contribution in [3.05, 3.63) is 0 Å². The maximum absolute atomic E-state index is 8.88. The van der Waals surface area contributed by atoms with Gasteiger partial charge in [0.15, 0.2) is 0 Å². The van der Waals surface area contributed by atoms with Gasteiger partial charge in [-0.2, -0.15) is 0 Å².